The van der Waals surface area contributed by atoms with Crippen LogP contribution in [0.2, 0.25) is 0 Å². The minimum absolute atomic E-state index is 0.0302. The van der Waals surface area contributed by atoms with Crippen LogP contribution in [0.25, 0.3) is 0 Å². The van der Waals surface area contributed by atoms with Crippen molar-refractivity contribution in [2.45, 2.75) is 19.4 Å². The second-order valence-electron chi connectivity index (χ2n) is 5.63. The summed E-state index contributed by atoms with van der Waals surface area (Å²) in [5.74, 6) is 1.74. The summed E-state index contributed by atoms with van der Waals surface area (Å²) in [5, 5.41) is 9.72. The highest BCUT2D eigenvalue weighted by Gasteiger charge is 2.33. The van der Waals surface area contributed by atoms with E-state index in [-0.39, 0.29) is 6.04 Å². The highest BCUT2D eigenvalue weighted by atomic mass is 32.1. The molecule has 0 saturated heterocycles. The summed E-state index contributed by atoms with van der Waals surface area (Å²) in [6, 6.07) is 11.9. The zero-order chi connectivity index (χ0) is 16.5. The number of ether oxygens (including phenoxy) is 1. The predicted octanol–water partition coefficient (Wildman–Crippen LogP) is 4.41. The molecule has 5 nitrogen and oxygen atoms in total. The maximum absolute atomic E-state index is 5.64. The van der Waals surface area contributed by atoms with Crippen molar-refractivity contribution in [1.82, 2.24) is 4.98 Å². The van der Waals surface area contributed by atoms with Gasteiger partial charge in [0.25, 0.3) is 0 Å². The van der Waals surface area contributed by atoms with E-state index >= 15 is 0 Å². The highest BCUT2D eigenvalue weighted by molar-refractivity contribution is 7.13. The molecule has 1 aliphatic heterocycles. The molecular formula is C18H17N3O2S. The van der Waals surface area contributed by atoms with E-state index in [1.165, 1.54) is 0 Å². The van der Waals surface area contributed by atoms with Gasteiger partial charge in [0.1, 0.15) is 17.6 Å². The second kappa shape index (κ2) is 6.13. The number of hydrogen-bond donors (Lipinski definition) is 0. The third kappa shape index (κ3) is 2.69. The minimum Gasteiger partial charge on any atom is -0.497 e. The van der Waals surface area contributed by atoms with Crippen molar-refractivity contribution in [3.63, 3.8) is 0 Å². The summed E-state index contributed by atoms with van der Waals surface area (Å²) < 4.78 is 10.9. The maximum Gasteiger partial charge on any atom is 0.206 e. The summed E-state index contributed by atoms with van der Waals surface area (Å²) in [6.07, 6.45) is 2.48. The molecule has 0 amide bonds. The molecule has 24 heavy (non-hydrogen) atoms. The average Bonchev–Trinajstić information content (AvgIpc) is 3.34. The van der Waals surface area contributed by atoms with E-state index in [1.54, 1.807) is 24.7 Å². The lowest BCUT2D eigenvalue weighted by Gasteiger charge is -2.18. The van der Waals surface area contributed by atoms with Gasteiger partial charge in [-0.3, -0.25) is 0 Å². The van der Waals surface area contributed by atoms with Crippen molar-refractivity contribution in [2.24, 2.45) is 5.10 Å². The molecule has 3 heterocycles. The first kappa shape index (κ1) is 15.0. The lowest BCUT2D eigenvalue weighted by Crippen LogP contribution is -2.17. The number of methoxy groups -OCH3 is 1. The fraction of sp³-hybridized carbons (Fsp3) is 0.222. The van der Waals surface area contributed by atoms with E-state index in [9.17, 15) is 0 Å². The van der Waals surface area contributed by atoms with Crippen LogP contribution in [0.15, 0.2) is 57.6 Å². The molecule has 0 aliphatic carbocycles. The third-order valence-electron chi connectivity index (χ3n) is 4.01. The number of thiazole rings is 1. The number of aromatic nitrogens is 1. The summed E-state index contributed by atoms with van der Waals surface area (Å²) in [7, 11) is 1.67. The standard InChI is InChI=1S/C18H17N3O2S/c1-12-11-24-18(19-12)21-16(17-4-3-9-23-17)10-15(20-21)13-5-7-14(22-2)8-6-13/h3-9,11,16H,10H2,1-2H3/t16-/m1/s1. The van der Waals surface area contributed by atoms with E-state index in [1.807, 2.05) is 53.7 Å². The molecule has 0 N–H and O–H groups in total. The van der Waals surface area contributed by atoms with Gasteiger partial charge in [0.05, 0.1) is 24.8 Å². The van der Waals surface area contributed by atoms with Gasteiger partial charge in [0.15, 0.2) is 0 Å². The Bertz CT molecular complexity index is 853. The van der Waals surface area contributed by atoms with E-state index in [0.29, 0.717) is 0 Å². The summed E-state index contributed by atoms with van der Waals surface area (Å²) in [4.78, 5) is 4.58. The van der Waals surface area contributed by atoms with E-state index < -0.39 is 0 Å². The molecule has 0 saturated carbocycles. The number of aryl methyl sites for hydroxylation is 1. The largest absolute Gasteiger partial charge is 0.497 e. The predicted molar refractivity (Wildman–Crippen MR) is 94.9 cm³/mol. The number of anilines is 1. The summed E-state index contributed by atoms with van der Waals surface area (Å²) in [5.41, 5.74) is 3.11. The van der Waals surface area contributed by atoms with Crippen LogP contribution < -0.4 is 9.75 Å². The molecule has 0 bridgehead atoms. The maximum atomic E-state index is 5.64. The molecule has 1 atom stereocenters. The van der Waals surface area contributed by atoms with Gasteiger partial charge in [-0.05, 0) is 48.9 Å². The molecule has 0 unspecified atom stereocenters. The number of nitrogens with zero attached hydrogens (tertiary/aromatic N) is 3. The molecule has 122 valence electrons. The number of furan rings is 1. The monoisotopic (exact) mass is 339 g/mol. The van der Waals surface area contributed by atoms with Crippen molar-refractivity contribution >= 4 is 22.2 Å². The minimum atomic E-state index is 0.0302. The molecule has 3 aromatic rings. The molecule has 0 spiro atoms. The van der Waals surface area contributed by atoms with Gasteiger partial charge in [-0.25, -0.2) is 9.99 Å². The normalized spacial score (nSPS) is 17.2. The Morgan fingerprint density at radius 3 is 2.71 bits per heavy atom. The topological polar surface area (TPSA) is 50.9 Å². The van der Waals surface area contributed by atoms with Gasteiger partial charge in [-0.15, -0.1) is 11.3 Å². The average molecular weight is 339 g/mol. The fourth-order valence-electron chi connectivity index (χ4n) is 2.79. The van der Waals surface area contributed by atoms with Crippen molar-refractivity contribution in [2.75, 3.05) is 12.1 Å². The van der Waals surface area contributed by atoms with E-state index in [4.69, 9.17) is 14.3 Å². The van der Waals surface area contributed by atoms with Gasteiger partial charge in [0.2, 0.25) is 5.13 Å². The second-order valence-corrected chi connectivity index (χ2v) is 6.46. The Labute approximate surface area is 144 Å². The van der Waals surface area contributed by atoms with Crippen LogP contribution in [0.1, 0.15) is 29.5 Å². The number of hydrogen-bond acceptors (Lipinski definition) is 6. The van der Waals surface area contributed by atoms with E-state index in [2.05, 4.69) is 4.98 Å². The van der Waals surface area contributed by atoms with Crippen molar-refractivity contribution < 1.29 is 9.15 Å². The Morgan fingerprint density at radius 1 is 1.25 bits per heavy atom. The van der Waals surface area contributed by atoms with Crippen molar-refractivity contribution in [3.8, 4) is 5.75 Å². The SMILES string of the molecule is COc1ccc(C2=NN(c3nc(C)cs3)[C@@H](c3ccco3)C2)cc1. The van der Waals surface area contributed by atoms with Crippen LogP contribution in [-0.2, 0) is 0 Å². The number of benzene rings is 1. The zero-order valence-corrected chi connectivity index (χ0v) is 14.3. The van der Waals surface area contributed by atoms with Gasteiger partial charge in [0, 0.05) is 11.8 Å². The molecule has 4 rings (SSSR count). The molecule has 1 aliphatic rings. The Kier molecular flexibility index (Phi) is 3.82. The molecular weight excluding hydrogens is 322 g/mol. The first-order valence-electron chi connectivity index (χ1n) is 7.71. The molecule has 0 fully saturated rings. The van der Waals surface area contributed by atoms with Crippen molar-refractivity contribution in [1.29, 1.82) is 0 Å². The van der Waals surface area contributed by atoms with Gasteiger partial charge >= 0.3 is 0 Å². The lowest BCUT2D eigenvalue weighted by atomic mass is 10.0. The van der Waals surface area contributed by atoms with Crippen LogP contribution in [0.5, 0.6) is 5.75 Å². The third-order valence-corrected chi connectivity index (χ3v) is 4.96. The van der Waals surface area contributed by atoms with Crippen LogP contribution in [-0.4, -0.2) is 17.8 Å². The summed E-state index contributed by atoms with van der Waals surface area (Å²) >= 11 is 1.60. The quantitative estimate of drug-likeness (QED) is 0.706. The van der Waals surface area contributed by atoms with Gasteiger partial charge in [-0.2, -0.15) is 5.10 Å². The number of hydrazone groups is 1. The van der Waals surface area contributed by atoms with Crippen LogP contribution in [0, 0.1) is 6.92 Å². The van der Waals surface area contributed by atoms with Crippen LogP contribution in [0.3, 0.4) is 0 Å². The zero-order valence-electron chi connectivity index (χ0n) is 13.5. The highest BCUT2D eigenvalue weighted by Crippen LogP contribution is 2.38. The Balaban J connectivity index is 1.70. The molecule has 0 radical (unpaired) electrons. The molecule has 1 aromatic carbocycles. The first-order valence-corrected chi connectivity index (χ1v) is 8.59. The van der Waals surface area contributed by atoms with Gasteiger partial charge < -0.3 is 9.15 Å². The Morgan fingerprint density at radius 2 is 2.08 bits per heavy atom. The van der Waals surface area contributed by atoms with Crippen LogP contribution in [0.4, 0.5) is 5.13 Å². The van der Waals surface area contributed by atoms with Gasteiger partial charge in [-0.1, -0.05) is 0 Å². The molecule has 6 heteroatoms. The smallest absolute Gasteiger partial charge is 0.206 e. The first-order chi connectivity index (χ1) is 11.7. The Hall–Kier alpha value is -2.60. The fourth-order valence-corrected chi connectivity index (χ4v) is 3.60. The number of rotatable bonds is 4. The van der Waals surface area contributed by atoms with Crippen LogP contribution >= 0.6 is 11.3 Å². The molecule has 2 aromatic heterocycles. The lowest BCUT2D eigenvalue weighted by molar-refractivity contribution is 0.415. The summed E-state index contributed by atoms with van der Waals surface area (Å²) in [6.45, 7) is 1.99. The van der Waals surface area contributed by atoms with E-state index in [0.717, 1.165) is 40.0 Å². The van der Waals surface area contributed by atoms with Crippen molar-refractivity contribution in [3.05, 3.63) is 65.1 Å².